The zero-order valence-corrected chi connectivity index (χ0v) is 26.3. The zero-order valence-electron chi connectivity index (χ0n) is 25.5. The van der Waals surface area contributed by atoms with E-state index in [2.05, 4.69) is 62.9 Å². The number of aryl methyl sites for hydroxylation is 2. The quantitative estimate of drug-likeness (QED) is 0.230. The van der Waals surface area contributed by atoms with Gasteiger partial charge in [-0.05, 0) is 87.6 Å². The number of anilines is 1. The number of allylic oxidation sites excluding steroid dienone is 2. The van der Waals surface area contributed by atoms with Crippen LogP contribution in [0.4, 0.5) is 23.7 Å². The Balaban J connectivity index is 1.28. The molecule has 2 amide bonds. The topological polar surface area (TPSA) is 84.6 Å². The summed E-state index contributed by atoms with van der Waals surface area (Å²) in [7, 11) is 0. The van der Waals surface area contributed by atoms with Crippen molar-refractivity contribution in [1.29, 1.82) is 0 Å². The molecule has 1 aliphatic rings. The number of halogens is 3. The molecule has 1 unspecified atom stereocenters. The second-order valence-electron chi connectivity index (χ2n) is 10.8. The number of benzene rings is 3. The van der Waals surface area contributed by atoms with Gasteiger partial charge >= 0.3 is 12.4 Å². The molecule has 1 aromatic heterocycles. The summed E-state index contributed by atoms with van der Waals surface area (Å²) in [6, 6.07) is 18.9. The van der Waals surface area contributed by atoms with Crippen LogP contribution in [0.3, 0.4) is 0 Å². The monoisotopic (exact) mass is 634 g/mol. The van der Waals surface area contributed by atoms with E-state index in [9.17, 15) is 18.0 Å². The molecule has 1 N–H and O–H groups in total. The molecule has 4 aromatic rings. The first-order chi connectivity index (χ1) is 21.4. The summed E-state index contributed by atoms with van der Waals surface area (Å²) in [5.74, 6) is 1.03. The van der Waals surface area contributed by atoms with Gasteiger partial charge in [0.05, 0.1) is 5.69 Å². The Kier molecular flexibility index (Phi) is 9.33. The molecule has 0 bridgehead atoms. The van der Waals surface area contributed by atoms with E-state index in [-0.39, 0.29) is 11.8 Å². The van der Waals surface area contributed by atoms with E-state index in [0.717, 1.165) is 45.7 Å². The summed E-state index contributed by atoms with van der Waals surface area (Å²) in [5.41, 5.74) is 7.14. The summed E-state index contributed by atoms with van der Waals surface area (Å²) in [4.78, 5) is 24.1. The van der Waals surface area contributed by atoms with Crippen LogP contribution in [0.1, 0.15) is 43.9 Å². The molecule has 0 saturated carbocycles. The molecule has 45 heavy (non-hydrogen) atoms. The molecule has 0 aliphatic carbocycles. The number of thioether (sulfide) groups is 1. The number of carbonyl (C=O) groups is 1. The van der Waals surface area contributed by atoms with Gasteiger partial charge in [-0.3, -0.25) is 0 Å². The maximum Gasteiger partial charge on any atom is 0.573 e. The predicted octanol–water partition coefficient (Wildman–Crippen LogP) is 8.30. The van der Waals surface area contributed by atoms with E-state index < -0.39 is 12.4 Å². The van der Waals surface area contributed by atoms with Crippen LogP contribution in [0.5, 0.6) is 5.75 Å². The zero-order chi connectivity index (χ0) is 32.3. The van der Waals surface area contributed by atoms with E-state index in [1.54, 1.807) is 11.8 Å². The minimum atomic E-state index is -4.75. The van der Waals surface area contributed by atoms with Crippen LogP contribution < -0.4 is 15.0 Å². The van der Waals surface area contributed by atoms with Gasteiger partial charge in [-0.15, -0.1) is 18.3 Å². The Hall–Kier alpha value is -4.58. The largest absolute Gasteiger partial charge is 0.573 e. The van der Waals surface area contributed by atoms with Crippen molar-refractivity contribution < 1.29 is 22.7 Å². The number of urea groups is 1. The van der Waals surface area contributed by atoms with Crippen LogP contribution >= 0.6 is 11.8 Å². The van der Waals surface area contributed by atoms with Crippen molar-refractivity contribution in [1.82, 2.24) is 20.1 Å². The molecule has 1 saturated heterocycles. The second-order valence-corrected chi connectivity index (χ2v) is 11.9. The van der Waals surface area contributed by atoms with E-state index >= 15 is 0 Å². The first-order valence-electron chi connectivity index (χ1n) is 14.3. The fraction of sp³-hybridized carbons (Fsp3) is 0.273. The highest BCUT2D eigenvalue weighted by Gasteiger charge is 2.31. The molecule has 3 aromatic carbocycles. The number of alkyl halides is 3. The van der Waals surface area contributed by atoms with Crippen molar-refractivity contribution >= 4 is 34.2 Å². The van der Waals surface area contributed by atoms with Gasteiger partial charge in [-0.1, -0.05) is 54.2 Å². The molecule has 2 heterocycles. The average Bonchev–Trinajstić information content (AvgIpc) is 3.48. The first-order valence-corrected chi connectivity index (χ1v) is 15.3. The van der Waals surface area contributed by atoms with E-state index in [1.165, 1.54) is 35.3 Å². The third-order valence-corrected chi connectivity index (χ3v) is 8.54. The fourth-order valence-corrected chi connectivity index (χ4v) is 6.27. The Bertz CT molecular complexity index is 1730. The highest BCUT2D eigenvalue weighted by molar-refractivity contribution is 8.14. The van der Waals surface area contributed by atoms with Crippen molar-refractivity contribution in [2.24, 2.45) is 4.99 Å². The lowest BCUT2D eigenvalue weighted by Crippen LogP contribution is -2.43. The molecule has 0 radical (unpaired) electrons. The molecule has 8 nitrogen and oxygen atoms in total. The van der Waals surface area contributed by atoms with Crippen LogP contribution in [0, 0.1) is 13.8 Å². The van der Waals surface area contributed by atoms with E-state index in [1.807, 2.05) is 44.2 Å². The summed E-state index contributed by atoms with van der Waals surface area (Å²) < 4.78 is 42.7. The number of ether oxygens (including phenoxy) is 1. The molecule has 234 valence electrons. The summed E-state index contributed by atoms with van der Waals surface area (Å²) in [5, 5.41) is 8.09. The molecular weight excluding hydrogens is 601 g/mol. The number of rotatable bonds is 6. The van der Waals surface area contributed by atoms with Gasteiger partial charge in [0.15, 0.2) is 11.0 Å². The normalized spacial score (nSPS) is 16.8. The van der Waals surface area contributed by atoms with Gasteiger partial charge < -0.3 is 15.0 Å². The minimum absolute atomic E-state index is 0.216. The summed E-state index contributed by atoms with van der Waals surface area (Å²) in [6.45, 7) is 10.1. The Morgan fingerprint density at radius 3 is 2.33 bits per heavy atom. The van der Waals surface area contributed by atoms with Crippen molar-refractivity contribution in [3.05, 3.63) is 95.4 Å². The van der Waals surface area contributed by atoms with E-state index in [0.29, 0.717) is 22.4 Å². The van der Waals surface area contributed by atoms with Gasteiger partial charge in [-0.2, -0.15) is 4.99 Å². The van der Waals surface area contributed by atoms with Crippen molar-refractivity contribution in [3.63, 3.8) is 0 Å². The lowest BCUT2D eigenvalue weighted by molar-refractivity contribution is -0.274. The standard InChI is InChI=1S/C33H33F3N6O2S/c1-20-7-6-8-21(2)29(20)42-22(3)17-18-45-32(42)39-31(43)38-24(5)23(4)25-9-11-26(12-10-25)30-37-19-41(40-30)27-13-15-28(16-14-27)44-33(34,35)36/h6-16,19,22H,17-18H2,1-5H3,(H,38,43)/b24-23+,39-32-. The molecule has 5 rings (SSSR count). The van der Waals surface area contributed by atoms with E-state index in [4.69, 9.17) is 0 Å². The highest BCUT2D eigenvalue weighted by Crippen LogP contribution is 2.34. The number of aromatic nitrogens is 3. The first kappa shape index (κ1) is 31.8. The average molecular weight is 635 g/mol. The van der Waals surface area contributed by atoms with Gasteiger partial charge in [0.2, 0.25) is 0 Å². The smallest absolute Gasteiger partial charge is 0.406 e. The molecule has 1 fully saturated rings. The Morgan fingerprint density at radius 2 is 1.69 bits per heavy atom. The summed E-state index contributed by atoms with van der Waals surface area (Å²) >= 11 is 1.59. The minimum Gasteiger partial charge on any atom is -0.406 e. The van der Waals surface area contributed by atoms with Gasteiger partial charge in [0, 0.05) is 28.7 Å². The number of hydrogen-bond acceptors (Lipinski definition) is 5. The number of aliphatic imine (C=N–C) groups is 1. The maximum absolute atomic E-state index is 13.1. The van der Waals surface area contributed by atoms with Crippen LogP contribution in [0.25, 0.3) is 22.6 Å². The van der Waals surface area contributed by atoms with Crippen LogP contribution in [-0.2, 0) is 0 Å². The predicted molar refractivity (Wildman–Crippen MR) is 173 cm³/mol. The van der Waals surface area contributed by atoms with Crippen molar-refractivity contribution in [3.8, 4) is 22.8 Å². The number of para-hydroxylation sites is 1. The molecule has 1 aliphatic heterocycles. The molecule has 1 atom stereocenters. The van der Waals surface area contributed by atoms with Gasteiger partial charge in [0.25, 0.3) is 0 Å². The Labute approximate surface area is 264 Å². The number of carbonyl (C=O) groups excluding carboxylic acids is 1. The number of hydrogen-bond donors (Lipinski definition) is 1. The Morgan fingerprint density at radius 1 is 1.02 bits per heavy atom. The number of amidine groups is 1. The fourth-order valence-electron chi connectivity index (χ4n) is 5.07. The van der Waals surface area contributed by atoms with Crippen molar-refractivity contribution in [2.75, 3.05) is 10.7 Å². The number of nitrogens with one attached hydrogen (secondary N) is 1. The van der Waals surface area contributed by atoms with Crippen LogP contribution in [0.15, 0.2) is 83.7 Å². The molecule has 0 spiro atoms. The third-order valence-electron chi connectivity index (χ3n) is 7.55. The lowest BCUT2D eigenvalue weighted by Gasteiger charge is -2.37. The number of amides is 2. The molecular formula is C33H33F3N6O2S. The van der Waals surface area contributed by atoms with Crippen molar-refractivity contribution in [2.45, 2.75) is 53.4 Å². The van der Waals surface area contributed by atoms with Gasteiger partial charge in [0.1, 0.15) is 12.1 Å². The van der Waals surface area contributed by atoms with Gasteiger partial charge in [-0.25, -0.2) is 14.5 Å². The third kappa shape index (κ3) is 7.56. The van der Waals surface area contributed by atoms with Crippen LogP contribution in [0.2, 0.25) is 0 Å². The lowest BCUT2D eigenvalue weighted by atomic mass is 10.0. The summed E-state index contributed by atoms with van der Waals surface area (Å²) in [6.07, 6.45) is -2.27. The highest BCUT2D eigenvalue weighted by atomic mass is 32.2. The van der Waals surface area contributed by atoms with Crippen LogP contribution in [-0.4, -0.2) is 44.1 Å². The SMILES string of the molecule is C/C(NC(=O)/N=C1\SCCC(C)N1c1c(C)cccc1C)=C(/C)c1ccc(-c2ncn(-c3ccc(OC(F)(F)F)cc3)n2)cc1. The molecule has 12 heteroatoms. The number of nitrogens with zero attached hydrogens (tertiary/aromatic N) is 5. The second kappa shape index (κ2) is 13.2. The maximum atomic E-state index is 13.1.